The van der Waals surface area contributed by atoms with Gasteiger partial charge in [-0.05, 0) is 59.4 Å². The second-order valence-corrected chi connectivity index (χ2v) is 9.95. The van der Waals surface area contributed by atoms with Crippen LogP contribution in [0.3, 0.4) is 0 Å². The van der Waals surface area contributed by atoms with Gasteiger partial charge in [0.25, 0.3) is 0 Å². The summed E-state index contributed by atoms with van der Waals surface area (Å²) in [6, 6.07) is 17.1. The Morgan fingerprint density at radius 2 is 1.75 bits per heavy atom. The van der Waals surface area contributed by atoms with Crippen LogP contribution in [0.4, 0.5) is 0 Å². The van der Waals surface area contributed by atoms with Gasteiger partial charge >= 0.3 is 0 Å². The molecule has 1 unspecified atom stereocenters. The van der Waals surface area contributed by atoms with Gasteiger partial charge < -0.3 is 4.74 Å². The third-order valence-corrected chi connectivity index (χ3v) is 6.90. The fourth-order valence-corrected chi connectivity index (χ4v) is 4.73. The lowest BCUT2D eigenvalue weighted by molar-refractivity contribution is -0.115. The monoisotopic (exact) mass is 432 g/mol. The molecule has 0 heterocycles. The average Bonchev–Trinajstić information content (AvgIpc) is 2.80. The van der Waals surface area contributed by atoms with Crippen molar-refractivity contribution in [3.05, 3.63) is 76.9 Å². The molecule has 2 nitrogen and oxygen atoms in total. The van der Waals surface area contributed by atoms with Crippen molar-refractivity contribution in [1.29, 1.82) is 0 Å². The van der Waals surface area contributed by atoms with E-state index < -0.39 is 0 Å². The Kier molecular flexibility index (Phi) is 8.73. The molecule has 0 aromatic heterocycles. The molecule has 1 aliphatic carbocycles. The molecule has 32 heavy (non-hydrogen) atoms. The van der Waals surface area contributed by atoms with E-state index in [1.165, 1.54) is 48.8 Å². The normalized spacial score (nSPS) is 16.7. The van der Waals surface area contributed by atoms with Crippen LogP contribution in [0.25, 0.3) is 0 Å². The van der Waals surface area contributed by atoms with Gasteiger partial charge in [0.15, 0.2) is 5.78 Å². The summed E-state index contributed by atoms with van der Waals surface area (Å²) in [4.78, 5) is 12.4. The zero-order chi connectivity index (χ0) is 23.0. The number of allylic oxidation sites excluding steroid dienone is 2. The predicted octanol–water partition coefficient (Wildman–Crippen LogP) is 8.30. The van der Waals surface area contributed by atoms with Gasteiger partial charge in [0.05, 0.1) is 0 Å². The molecular weight excluding hydrogens is 392 g/mol. The molecule has 0 N–H and O–H groups in total. The first-order chi connectivity index (χ1) is 15.4. The van der Waals surface area contributed by atoms with Crippen molar-refractivity contribution in [3.63, 3.8) is 0 Å². The molecule has 3 rings (SSSR count). The highest BCUT2D eigenvalue weighted by Gasteiger charge is 2.27. The number of hydrogen-bond donors (Lipinski definition) is 0. The Balaban J connectivity index is 1.86. The highest BCUT2D eigenvalue weighted by Crippen LogP contribution is 2.40. The molecule has 0 amide bonds. The number of benzene rings is 2. The topological polar surface area (TPSA) is 26.3 Å². The van der Waals surface area contributed by atoms with Crippen LogP contribution in [0.2, 0.25) is 0 Å². The minimum absolute atomic E-state index is 0.105. The summed E-state index contributed by atoms with van der Waals surface area (Å²) >= 11 is 0. The lowest BCUT2D eigenvalue weighted by atomic mass is 9.77. The first kappa shape index (κ1) is 24.3. The maximum Gasteiger partial charge on any atom is 0.156 e. The number of hydrogen-bond acceptors (Lipinski definition) is 2. The predicted molar refractivity (Wildman–Crippen MR) is 134 cm³/mol. The largest absolute Gasteiger partial charge is 0.489 e. The van der Waals surface area contributed by atoms with Crippen molar-refractivity contribution < 1.29 is 9.53 Å². The van der Waals surface area contributed by atoms with Crippen LogP contribution < -0.4 is 4.74 Å². The van der Waals surface area contributed by atoms with E-state index in [1.807, 2.05) is 24.3 Å². The van der Waals surface area contributed by atoms with Crippen LogP contribution in [0.1, 0.15) is 102 Å². The zero-order valence-corrected chi connectivity index (χ0v) is 20.5. The fourth-order valence-electron chi connectivity index (χ4n) is 4.73. The van der Waals surface area contributed by atoms with E-state index in [0.29, 0.717) is 13.0 Å². The zero-order valence-electron chi connectivity index (χ0n) is 20.5. The standard InChI is InChI=1S/C30H40O2/c1-5-7-8-12-17-30(3,4)26-15-16-28(25-18-23(6-2)19-27(31)20-25)29(21-26)32-22-24-13-10-9-11-14-24/h9-11,13-16,19,21,25H,5-8,12,17-18,20,22H2,1-4H3. The third-order valence-electron chi connectivity index (χ3n) is 6.90. The van der Waals surface area contributed by atoms with Gasteiger partial charge in [-0.3, -0.25) is 4.79 Å². The summed E-state index contributed by atoms with van der Waals surface area (Å²) in [5, 5.41) is 0. The lowest BCUT2D eigenvalue weighted by Crippen LogP contribution is -2.18. The number of carbonyl (C=O) groups excluding carboxylic acids is 1. The van der Waals surface area contributed by atoms with Gasteiger partial charge in [0.2, 0.25) is 0 Å². The highest BCUT2D eigenvalue weighted by molar-refractivity contribution is 5.92. The van der Waals surface area contributed by atoms with Crippen molar-refractivity contribution in [1.82, 2.24) is 0 Å². The van der Waals surface area contributed by atoms with Crippen LogP contribution in [-0.2, 0) is 16.8 Å². The van der Waals surface area contributed by atoms with Crippen LogP contribution in [0.5, 0.6) is 5.75 Å². The molecule has 0 saturated heterocycles. The maximum atomic E-state index is 12.4. The number of unbranched alkanes of at least 4 members (excludes halogenated alkanes) is 3. The van der Waals surface area contributed by atoms with Crippen LogP contribution >= 0.6 is 0 Å². The second kappa shape index (κ2) is 11.5. The minimum atomic E-state index is 0.105. The number of carbonyl (C=O) groups is 1. The molecule has 2 heteroatoms. The molecule has 0 fully saturated rings. The average molecular weight is 433 g/mol. The molecule has 0 bridgehead atoms. The maximum absolute atomic E-state index is 12.4. The molecule has 0 radical (unpaired) electrons. The van der Waals surface area contributed by atoms with E-state index in [2.05, 4.69) is 58.0 Å². The summed E-state index contributed by atoms with van der Waals surface area (Å²) in [6.07, 6.45) is 10.6. The summed E-state index contributed by atoms with van der Waals surface area (Å²) < 4.78 is 6.43. The van der Waals surface area contributed by atoms with Crippen molar-refractivity contribution in [2.45, 2.75) is 97.0 Å². The van der Waals surface area contributed by atoms with Gasteiger partial charge in [-0.25, -0.2) is 0 Å². The highest BCUT2D eigenvalue weighted by atomic mass is 16.5. The number of rotatable bonds is 11. The van der Waals surface area contributed by atoms with Gasteiger partial charge in [-0.2, -0.15) is 0 Å². The van der Waals surface area contributed by atoms with Crippen molar-refractivity contribution in [3.8, 4) is 5.75 Å². The summed E-state index contributed by atoms with van der Waals surface area (Å²) in [6.45, 7) is 9.63. The molecule has 2 aromatic rings. The Morgan fingerprint density at radius 1 is 0.969 bits per heavy atom. The van der Waals surface area contributed by atoms with Gasteiger partial charge in [-0.1, -0.05) is 101 Å². The van der Waals surface area contributed by atoms with Crippen molar-refractivity contribution in [2.24, 2.45) is 0 Å². The van der Waals surface area contributed by atoms with Crippen molar-refractivity contribution in [2.75, 3.05) is 0 Å². The smallest absolute Gasteiger partial charge is 0.156 e. The van der Waals surface area contributed by atoms with E-state index in [-0.39, 0.29) is 17.1 Å². The Hall–Kier alpha value is -2.35. The molecule has 172 valence electrons. The molecule has 0 aliphatic heterocycles. The first-order valence-corrected chi connectivity index (χ1v) is 12.5. The van der Waals surface area contributed by atoms with E-state index in [4.69, 9.17) is 4.74 Å². The Bertz CT molecular complexity index is 908. The molecule has 1 aliphatic rings. The second-order valence-electron chi connectivity index (χ2n) is 9.95. The SMILES string of the molecule is CCCCCCC(C)(C)c1ccc(C2CC(=O)C=C(CC)C2)c(OCc2ccccc2)c1. The number of ketones is 1. The van der Waals surface area contributed by atoms with Gasteiger partial charge in [0.1, 0.15) is 12.4 Å². The van der Waals surface area contributed by atoms with Crippen LogP contribution in [0.15, 0.2) is 60.2 Å². The van der Waals surface area contributed by atoms with Gasteiger partial charge in [0, 0.05) is 6.42 Å². The molecular formula is C30H40O2. The fraction of sp³-hybridized carbons (Fsp3) is 0.500. The molecule has 0 saturated carbocycles. The van der Waals surface area contributed by atoms with Crippen molar-refractivity contribution >= 4 is 5.78 Å². The molecule has 1 atom stereocenters. The van der Waals surface area contributed by atoms with E-state index in [1.54, 1.807) is 0 Å². The summed E-state index contributed by atoms with van der Waals surface area (Å²) in [5.41, 5.74) is 5.03. The lowest BCUT2D eigenvalue weighted by Gasteiger charge is -2.29. The summed E-state index contributed by atoms with van der Waals surface area (Å²) in [5.74, 6) is 1.39. The quantitative estimate of drug-likeness (QED) is 0.334. The Labute approximate surface area is 195 Å². The van der Waals surface area contributed by atoms with E-state index in [9.17, 15) is 4.79 Å². The van der Waals surface area contributed by atoms with Crippen LogP contribution in [0, 0.1) is 0 Å². The Morgan fingerprint density at radius 3 is 2.47 bits per heavy atom. The van der Waals surface area contributed by atoms with Crippen LogP contribution in [-0.4, -0.2) is 5.78 Å². The van der Waals surface area contributed by atoms with E-state index in [0.717, 1.165) is 24.2 Å². The number of ether oxygens (including phenoxy) is 1. The van der Waals surface area contributed by atoms with E-state index >= 15 is 0 Å². The summed E-state index contributed by atoms with van der Waals surface area (Å²) in [7, 11) is 0. The molecule has 0 spiro atoms. The first-order valence-electron chi connectivity index (χ1n) is 12.5. The minimum Gasteiger partial charge on any atom is -0.489 e. The third kappa shape index (κ3) is 6.58. The molecule has 2 aromatic carbocycles. The van der Waals surface area contributed by atoms with Gasteiger partial charge in [-0.15, -0.1) is 0 Å².